The van der Waals surface area contributed by atoms with Gasteiger partial charge in [0, 0.05) is 25.6 Å². The fraction of sp³-hybridized carbons (Fsp3) is 0.500. The molecule has 8 heteroatoms. The predicted molar refractivity (Wildman–Crippen MR) is 138 cm³/mol. The molecular weight excluding hydrogens is 460 g/mol. The number of carbonyl (C=O) groups is 2. The topological polar surface area (TPSA) is 97.3 Å². The number of para-hydroxylation sites is 1. The molecule has 1 aliphatic rings. The maximum atomic E-state index is 12.9. The summed E-state index contributed by atoms with van der Waals surface area (Å²) in [5.41, 5.74) is 0.860. The van der Waals surface area contributed by atoms with Crippen molar-refractivity contribution in [3.05, 3.63) is 60.2 Å². The van der Waals surface area contributed by atoms with Crippen molar-refractivity contribution in [2.24, 2.45) is 0 Å². The van der Waals surface area contributed by atoms with Gasteiger partial charge in [-0.1, -0.05) is 43.2 Å². The lowest BCUT2D eigenvalue weighted by Crippen LogP contribution is -2.46. The van der Waals surface area contributed by atoms with Gasteiger partial charge < -0.3 is 29.5 Å². The highest BCUT2D eigenvalue weighted by Gasteiger charge is 2.21. The van der Waals surface area contributed by atoms with Crippen LogP contribution in [0.25, 0.3) is 0 Å². The standard InChI is InChI=1S/C28H38N2O6/c1-2-34-26(27(31)32)21-22-13-15-25(16-14-22)36-20-18-30(28(33)29-23-9-6-7-10-23)17-8-19-35-24-11-4-3-5-12-24/h3-5,11-16,23,26H,2,6-10,17-21H2,1H3,(H,29,33)(H,31,32). The molecule has 1 atom stereocenters. The summed E-state index contributed by atoms with van der Waals surface area (Å²) >= 11 is 0. The second kappa shape index (κ2) is 15.0. The second-order valence-corrected chi connectivity index (χ2v) is 8.91. The van der Waals surface area contributed by atoms with Crippen LogP contribution < -0.4 is 14.8 Å². The zero-order valence-electron chi connectivity index (χ0n) is 21.1. The van der Waals surface area contributed by atoms with Crippen LogP contribution in [0.5, 0.6) is 11.5 Å². The zero-order valence-corrected chi connectivity index (χ0v) is 21.1. The van der Waals surface area contributed by atoms with Gasteiger partial charge in [-0.25, -0.2) is 9.59 Å². The number of nitrogens with one attached hydrogen (secondary N) is 1. The first-order valence-electron chi connectivity index (χ1n) is 12.8. The summed E-state index contributed by atoms with van der Waals surface area (Å²) in [7, 11) is 0. The second-order valence-electron chi connectivity index (χ2n) is 8.91. The number of benzene rings is 2. The summed E-state index contributed by atoms with van der Waals surface area (Å²) in [6, 6.07) is 17.2. The van der Waals surface area contributed by atoms with Gasteiger partial charge in [-0.3, -0.25) is 0 Å². The van der Waals surface area contributed by atoms with Gasteiger partial charge in [0.2, 0.25) is 0 Å². The van der Waals surface area contributed by atoms with Crippen LogP contribution in [0.15, 0.2) is 54.6 Å². The van der Waals surface area contributed by atoms with E-state index in [-0.39, 0.29) is 12.1 Å². The van der Waals surface area contributed by atoms with E-state index in [0.717, 1.165) is 37.0 Å². The van der Waals surface area contributed by atoms with Crippen LogP contribution in [-0.2, 0) is 16.0 Å². The first-order chi connectivity index (χ1) is 17.5. The summed E-state index contributed by atoms with van der Waals surface area (Å²) in [5, 5.41) is 12.4. The molecule has 36 heavy (non-hydrogen) atoms. The lowest BCUT2D eigenvalue weighted by atomic mass is 10.1. The van der Waals surface area contributed by atoms with Gasteiger partial charge in [0.05, 0.1) is 13.2 Å². The first-order valence-corrected chi connectivity index (χ1v) is 12.8. The van der Waals surface area contributed by atoms with Crippen molar-refractivity contribution in [2.75, 3.05) is 32.9 Å². The highest BCUT2D eigenvalue weighted by Crippen LogP contribution is 2.18. The average molecular weight is 499 g/mol. The number of rotatable bonds is 15. The highest BCUT2D eigenvalue weighted by atomic mass is 16.5. The molecule has 1 fully saturated rings. The highest BCUT2D eigenvalue weighted by molar-refractivity contribution is 5.74. The third-order valence-corrected chi connectivity index (χ3v) is 6.17. The Morgan fingerprint density at radius 2 is 1.64 bits per heavy atom. The third kappa shape index (κ3) is 9.41. The summed E-state index contributed by atoms with van der Waals surface area (Å²) in [5.74, 6) is 0.523. The van der Waals surface area contributed by atoms with E-state index in [0.29, 0.717) is 51.5 Å². The fourth-order valence-electron chi connectivity index (χ4n) is 4.24. The van der Waals surface area contributed by atoms with Crippen LogP contribution in [0.2, 0.25) is 0 Å². The van der Waals surface area contributed by atoms with Crippen molar-refractivity contribution in [3.8, 4) is 11.5 Å². The molecule has 2 N–H and O–H groups in total. The summed E-state index contributed by atoms with van der Waals surface area (Å²) < 4.78 is 16.9. The van der Waals surface area contributed by atoms with Crippen molar-refractivity contribution in [1.29, 1.82) is 0 Å². The van der Waals surface area contributed by atoms with Gasteiger partial charge in [-0.05, 0) is 56.0 Å². The van der Waals surface area contributed by atoms with Crippen LogP contribution in [0.3, 0.4) is 0 Å². The molecular formula is C28H38N2O6. The molecule has 8 nitrogen and oxygen atoms in total. The van der Waals surface area contributed by atoms with Gasteiger partial charge >= 0.3 is 12.0 Å². The lowest BCUT2D eigenvalue weighted by Gasteiger charge is -2.25. The minimum absolute atomic E-state index is 0.0591. The number of carboxylic acids is 1. The quantitative estimate of drug-likeness (QED) is 0.351. The third-order valence-electron chi connectivity index (χ3n) is 6.17. The van der Waals surface area contributed by atoms with Crippen molar-refractivity contribution in [2.45, 2.75) is 57.6 Å². The monoisotopic (exact) mass is 498 g/mol. The van der Waals surface area contributed by atoms with E-state index in [2.05, 4.69) is 5.32 Å². The van der Waals surface area contributed by atoms with E-state index in [1.54, 1.807) is 11.8 Å². The molecule has 2 aromatic rings. The van der Waals surface area contributed by atoms with E-state index in [4.69, 9.17) is 14.2 Å². The lowest BCUT2D eigenvalue weighted by molar-refractivity contribution is -0.149. The Morgan fingerprint density at radius 1 is 0.972 bits per heavy atom. The molecule has 3 rings (SSSR count). The maximum Gasteiger partial charge on any atom is 0.333 e. The Kier molecular flexibility index (Phi) is 11.4. The van der Waals surface area contributed by atoms with Crippen molar-refractivity contribution in [1.82, 2.24) is 10.2 Å². The minimum Gasteiger partial charge on any atom is -0.494 e. The maximum absolute atomic E-state index is 12.9. The SMILES string of the molecule is CCOC(Cc1ccc(OCCN(CCCOc2ccccc2)C(=O)NC2CCCC2)cc1)C(=O)O. The van der Waals surface area contributed by atoms with E-state index < -0.39 is 12.1 Å². The molecule has 1 aliphatic carbocycles. The zero-order chi connectivity index (χ0) is 25.6. The van der Waals surface area contributed by atoms with Gasteiger partial charge in [0.25, 0.3) is 0 Å². The van der Waals surface area contributed by atoms with E-state index in [9.17, 15) is 14.7 Å². The van der Waals surface area contributed by atoms with Crippen molar-refractivity contribution < 1.29 is 28.9 Å². The number of amides is 2. The molecule has 1 unspecified atom stereocenters. The number of nitrogens with zero attached hydrogens (tertiary/aromatic N) is 1. The summed E-state index contributed by atoms with van der Waals surface area (Å²) in [4.78, 5) is 26.0. The number of hydrogen-bond donors (Lipinski definition) is 2. The molecule has 0 aromatic heterocycles. The van der Waals surface area contributed by atoms with Crippen LogP contribution in [0.4, 0.5) is 4.79 Å². The smallest absolute Gasteiger partial charge is 0.333 e. The van der Waals surface area contributed by atoms with Crippen molar-refractivity contribution >= 4 is 12.0 Å². The molecule has 0 saturated heterocycles. The summed E-state index contributed by atoms with van der Waals surface area (Å²) in [6.07, 6.45) is 4.53. The van der Waals surface area contributed by atoms with Gasteiger partial charge in [-0.2, -0.15) is 0 Å². The number of carboxylic acid groups (broad SMARTS) is 1. The first kappa shape index (κ1) is 27.3. The van der Waals surface area contributed by atoms with Gasteiger partial charge in [0.1, 0.15) is 18.1 Å². The predicted octanol–water partition coefficient (Wildman–Crippen LogP) is 4.52. The molecule has 196 valence electrons. The molecule has 0 radical (unpaired) electrons. The van der Waals surface area contributed by atoms with Crippen LogP contribution in [0.1, 0.15) is 44.6 Å². The molecule has 0 spiro atoms. The molecule has 2 aromatic carbocycles. The fourth-order valence-corrected chi connectivity index (χ4v) is 4.24. The number of aliphatic carboxylic acids is 1. The van der Waals surface area contributed by atoms with E-state index in [1.807, 2.05) is 54.6 Å². The Hall–Kier alpha value is -3.26. The van der Waals surface area contributed by atoms with E-state index in [1.165, 1.54) is 0 Å². The van der Waals surface area contributed by atoms with E-state index >= 15 is 0 Å². The Balaban J connectivity index is 1.47. The number of ether oxygens (including phenoxy) is 3. The largest absolute Gasteiger partial charge is 0.494 e. The molecule has 0 heterocycles. The molecule has 2 amide bonds. The molecule has 1 saturated carbocycles. The normalized spacial score (nSPS) is 14.2. The number of urea groups is 1. The van der Waals surface area contributed by atoms with Crippen LogP contribution in [0, 0.1) is 0 Å². The van der Waals surface area contributed by atoms with Crippen LogP contribution >= 0.6 is 0 Å². The van der Waals surface area contributed by atoms with Gasteiger partial charge in [0.15, 0.2) is 6.10 Å². The number of hydrogen-bond acceptors (Lipinski definition) is 5. The Morgan fingerprint density at radius 3 is 2.31 bits per heavy atom. The number of carbonyl (C=O) groups excluding carboxylic acids is 1. The molecule has 0 bridgehead atoms. The molecule has 0 aliphatic heterocycles. The average Bonchev–Trinajstić information content (AvgIpc) is 3.39. The summed E-state index contributed by atoms with van der Waals surface area (Å²) in [6.45, 7) is 4.03. The minimum atomic E-state index is -0.970. The van der Waals surface area contributed by atoms with Crippen LogP contribution in [-0.4, -0.2) is 67.1 Å². The van der Waals surface area contributed by atoms with Crippen molar-refractivity contribution in [3.63, 3.8) is 0 Å². The van der Waals surface area contributed by atoms with Gasteiger partial charge in [-0.15, -0.1) is 0 Å². The Bertz CT molecular complexity index is 915. The Labute approximate surface area is 213 Å².